The van der Waals surface area contributed by atoms with E-state index in [1.165, 1.54) is 19.6 Å². The number of carbonyl (C=O) groups is 1. The quantitative estimate of drug-likeness (QED) is 0.325. The Balaban J connectivity index is 0. The smallest absolute Gasteiger partial charge is 0.151 e. The van der Waals surface area contributed by atoms with Crippen molar-refractivity contribution in [1.82, 2.24) is 4.90 Å². The molecule has 0 bridgehead atoms. The van der Waals surface area contributed by atoms with Crippen molar-refractivity contribution in [3.8, 4) is 0 Å². The zero-order chi connectivity index (χ0) is 15.4. The molecule has 0 radical (unpaired) electrons. The lowest BCUT2D eigenvalue weighted by Crippen LogP contribution is -2.46. The fraction of sp³-hybridized carbons (Fsp3) is 0.917. The Morgan fingerprint density at radius 2 is 1.37 bits per heavy atom. The lowest BCUT2D eigenvalue weighted by Gasteiger charge is -2.22. The largest absolute Gasteiger partial charge is 0.394 e. The third kappa shape index (κ3) is 9.04. The predicted molar refractivity (Wildman–Crippen MR) is 70.6 cm³/mol. The molecule has 0 aliphatic heterocycles. The molecule has 0 heterocycles. The number of aliphatic hydroxyl groups is 5. The van der Waals surface area contributed by atoms with Gasteiger partial charge in [0.15, 0.2) is 6.29 Å². The van der Waals surface area contributed by atoms with Crippen LogP contribution in [0.2, 0.25) is 0 Å². The van der Waals surface area contributed by atoms with Gasteiger partial charge in [-0.15, -0.1) is 0 Å². The van der Waals surface area contributed by atoms with Crippen LogP contribution in [0.4, 0.5) is 0 Å². The summed E-state index contributed by atoms with van der Waals surface area (Å²) in [5.41, 5.74) is 0. The Hall–Kier alpha value is -0.570. The first-order valence-electron chi connectivity index (χ1n) is 6.40. The molecule has 0 amide bonds. The Morgan fingerprint density at radius 3 is 1.58 bits per heavy atom. The molecule has 0 aromatic carbocycles. The molecule has 0 rings (SSSR count). The average molecular weight is 281 g/mol. The van der Waals surface area contributed by atoms with Crippen molar-refractivity contribution in [3.63, 3.8) is 0 Å². The summed E-state index contributed by atoms with van der Waals surface area (Å²) in [6.45, 7) is 9.36. The van der Waals surface area contributed by atoms with E-state index in [9.17, 15) is 4.79 Å². The highest BCUT2D eigenvalue weighted by molar-refractivity contribution is 5.56. The maximum Gasteiger partial charge on any atom is 0.151 e. The van der Waals surface area contributed by atoms with Gasteiger partial charge in [-0.1, -0.05) is 20.8 Å². The Labute approximate surface area is 114 Å². The van der Waals surface area contributed by atoms with Crippen LogP contribution in [0.3, 0.4) is 0 Å². The number of aliphatic hydroxyl groups excluding tert-OH is 5. The normalized spacial score (nSPS) is 17.1. The van der Waals surface area contributed by atoms with Crippen LogP contribution in [-0.4, -0.2) is 87.4 Å². The molecule has 7 nitrogen and oxygen atoms in total. The Kier molecular flexibility index (Phi) is 13.6. The monoisotopic (exact) mass is 281 g/mol. The Bertz CT molecular complexity index is 207. The molecule has 0 spiro atoms. The van der Waals surface area contributed by atoms with Gasteiger partial charge in [-0.05, 0) is 19.6 Å². The van der Waals surface area contributed by atoms with Crippen LogP contribution in [0.15, 0.2) is 0 Å². The van der Waals surface area contributed by atoms with Crippen LogP contribution >= 0.6 is 0 Å². The van der Waals surface area contributed by atoms with Crippen molar-refractivity contribution in [3.05, 3.63) is 0 Å². The highest BCUT2D eigenvalue weighted by Crippen LogP contribution is 2.02. The summed E-state index contributed by atoms with van der Waals surface area (Å²) in [6.07, 6.45) is -6.84. The minimum absolute atomic E-state index is 0.0258. The maximum atomic E-state index is 9.90. The molecule has 116 valence electrons. The molecule has 5 N–H and O–H groups in total. The minimum atomic E-state index is -1.79. The fourth-order valence-electron chi connectivity index (χ4n) is 1.29. The highest BCUT2D eigenvalue weighted by atomic mass is 16.4. The summed E-state index contributed by atoms with van der Waals surface area (Å²) in [5.74, 6) is 0. The van der Waals surface area contributed by atoms with Crippen LogP contribution in [-0.2, 0) is 4.79 Å². The van der Waals surface area contributed by atoms with Gasteiger partial charge in [0.1, 0.15) is 24.4 Å². The van der Waals surface area contributed by atoms with E-state index in [2.05, 4.69) is 25.7 Å². The average Bonchev–Trinajstić information content (AvgIpc) is 2.46. The maximum absolute atomic E-state index is 9.90. The third-order valence-corrected chi connectivity index (χ3v) is 2.76. The number of nitrogens with zero attached hydrogens (tertiary/aromatic N) is 1. The molecular formula is C12H27NO6. The van der Waals surface area contributed by atoms with Gasteiger partial charge in [0.25, 0.3) is 0 Å². The number of hydrogen-bond donors (Lipinski definition) is 5. The molecule has 7 heteroatoms. The predicted octanol–water partition coefficient (Wildman–Crippen LogP) is -2.03. The zero-order valence-corrected chi connectivity index (χ0v) is 11.8. The molecule has 0 saturated heterocycles. The second kappa shape index (κ2) is 12.5. The van der Waals surface area contributed by atoms with E-state index in [1.807, 2.05) is 0 Å². The van der Waals surface area contributed by atoms with E-state index in [0.29, 0.717) is 0 Å². The molecule has 4 atom stereocenters. The first kappa shape index (κ1) is 20.7. The lowest BCUT2D eigenvalue weighted by molar-refractivity contribution is -0.136. The van der Waals surface area contributed by atoms with Crippen molar-refractivity contribution in [2.45, 2.75) is 45.2 Å². The minimum Gasteiger partial charge on any atom is -0.394 e. The highest BCUT2D eigenvalue weighted by Gasteiger charge is 2.29. The summed E-state index contributed by atoms with van der Waals surface area (Å²) in [6, 6.07) is 0. The summed E-state index contributed by atoms with van der Waals surface area (Å²) in [4.78, 5) is 12.3. The molecule has 0 saturated carbocycles. The van der Waals surface area contributed by atoms with E-state index in [1.54, 1.807) is 0 Å². The van der Waals surface area contributed by atoms with Crippen LogP contribution in [0.5, 0.6) is 0 Å². The van der Waals surface area contributed by atoms with Crippen LogP contribution in [0.25, 0.3) is 0 Å². The van der Waals surface area contributed by atoms with E-state index in [4.69, 9.17) is 25.5 Å². The number of hydrogen-bond acceptors (Lipinski definition) is 7. The number of aldehydes is 1. The molecule has 0 aromatic heterocycles. The second-order valence-corrected chi connectivity index (χ2v) is 3.98. The number of carbonyl (C=O) groups excluding carboxylic acids is 1. The summed E-state index contributed by atoms with van der Waals surface area (Å²) in [7, 11) is 0. The molecule has 19 heavy (non-hydrogen) atoms. The summed E-state index contributed by atoms with van der Waals surface area (Å²) < 4.78 is 0. The van der Waals surface area contributed by atoms with Crippen molar-refractivity contribution in [2.24, 2.45) is 0 Å². The summed E-state index contributed by atoms with van der Waals surface area (Å²) in [5, 5.41) is 43.5. The summed E-state index contributed by atoms with van der Waals surface area (Å²) >= 11 is 0. The third-order valence-electron chi connectivity index (χ3n) is 2.76. The van der Waals surface area contributed by atoms with E-state index < -0.39 is 31.0 Å². The van der Waals surface area contributed by atoms with Crippen LogP contribution in [0, 0.1) is 0 Å². The van der Waals surface area contributed by atoms with Crippen molar-refractivity contribution in [1.29, 1.82) is 0 Å². The molecule has 0 aromatic rings. The van der Waals surface area contributed by atoms with Gasteiger partial charge in [-0.25, -0.2) is 0 Å². The zero-order valence-electron chi connectivity index (χ0n) is 11.8. The van der Waals surface area contributed by atoms with Gasteiger partial charge >= 0.3 is 0 Å². The molecular weight excluding hydrogens is 254 g/mol. The van der Waals surface area contributed by atoms with E-state index in [0.717, 1.165) is 0 Å². The van der Waals surface area contributed by atoms with E-state index in [-0.39, 0.29) is 6.29 Å². The van der Waals surface area contributed by atoms with Gasteiger partial charge < -0.3 is 35.2 Å². The first-order valence-corrected chi connectivity index (χ1v) is 6.40. The Morgan fingerprint density at radius 1 is 0.947 bits per heavy atom. The standard InChI is InChI=1S/C6H15N.C6H12O6/c1-4-7(5-2)6-3;7-1-3(9)5(11)6(12)4(10)2-8/h4-6H2,1-3H3;1,3-6,8-12H,2H2. The lowest BCUT2D eigenvalue weighted by atomic mass is 10.0. The SMILES string of the molecule is CCN(CC)CC.O=CC(O)C(O)C(O)C(O)CO. The fourth-order valence-corrected chi connectivity index (χ4v) is 1.29. The van der Waals surface area contributed by atoms with Gasteiger partial charge in [0.05, 0.1) is 6.61 Å². The second-order valence-electron chi connectivity index (χ2n) is 3.98. The van der Waals surface area contributed by atoms with E-state index >= 15 is 0 Å². The first-order chi connectivity index (χ1) is 8.89. The van der Waals surface area contributed by atoms with Crippen molar-refractivity contribution >= 4 is 6.29 Å². The molecule has 0 aliphatic carbocycles. The molecule has 4 unspecified atom stereocenters. The van der Waals surface area contributed by atoms with Crippen LogP contribution in [0.1, 0.15) is 20.8 Å². The van der Waals surface area contributed by atoms with Gasteiger partial charge in [0.2, 0.25) is 0 Å². The topological polar surface area (TPSA) is 121 Å². The molecule has 0 aliphatic rings. The van der Waals surface area contributed by atoms with Crippen molar-refractivity contribution in [2.75, 3.05) is 26.2 Å². The van der Waals surface area contributed by atoms with Gasteiger partial charge in [-0.3, -0.25) is 0 Å². The number of rotatable bonds is 8. The van der Waals surface area contributed by atoms with Crippen LogP contribution < -0.4 is 0 Å². The van der Waals surface area contributed by atoms with Gasteiger partial charge in [-0.2, -0.15) is 0 Å². The van der Waals surface area contributed by atoms with Gasteiger partial charge in [0, 0.05) is 0 Å². The molecule has 0 fully saturated rings. The van der Waals surface area contributed by atoms with Crippen molar-refractivity contribution < 1.29 is 30.3 Å².